The van der Waals surface area contributed by atoms with E-state index in [0.29, 0.717) is 11.4 Å². The maximum atomic E-state index is 12.9. The molecule has 1 saturated heterocycles. The number of amides is 2. The third kappa shape index (κ3) is 3.22. The maximum absolute atomic E-state index is 12.9. The lowest BCUT2D eigenvalue weighted by molar-refractivity contribution is -0.130. The molecule has 0 radical (unpaired) electrons. The molecule has 27 heavy (non-hydrogen) atoms. The summed E-state index contributed by atoms with van der Waals surface area (Å²) in [6, 6.07) is 22.5. The molecule has 0 saturated carbocycles. The van der Waals surface area contributed by atoms with E-state index in [9.17, 15) is 9.59 Å². The average molecular weight is 373 g/mol. The van der Waals surface area contributed by atoms with E-state index in [-0.39, 0.29) is 5.11 Å². The summed E-state index contributed by atoms with van der Waals surface area (Å²) in [5.41, 5.74) is 1.31. The van der Waals surface area contributed by atoms with Crippen molar-refractivity contribution in [2.45, 2.75) is 0 Å². The van der Waals surface area contributed by atoms with Crippen LogP contribution >= 0.6 is 12.2 Å². The molecule has 1 atom stereocenters. The minimum Gasteiger partial charge on any atom is -0.301 e. The Bertz CT molecular complexity index is 1070. The first-order valence-corrected chi connectivity index (χ1v) is 8.82. The minimum atomic E-state index is -1.05. The molecular formula is C21H15N3O2S. The van der Waals surface area contributed by atoms with E-state index >= 15 is 0 Å². The summed E-state index contributed by atoms with van der Waals surface area (Å²) in [7, 11) is 0. The number of thiocarbonyl (C=S) groups is 1. The number of nitrogens with zero attached hydrogens (tertiary/aromatic N) is 2. The second kappa shape index (κ2) is 7.09. The molecule has 0 aliphatic carbocycles. The van der Waals surface area contributed by atoms with Crippen molar-refractivity contribution in [2.24, 2.45) is 10.9 Å². The predicted octanol–water partition coefficient (Wildman–Crippen LogP) is 3.61. The Labute approximate surface area is 161 Å². The van der Waals surface area contributed by atoms with Gasteiger partial charge < -0.3 is 5.32 Å². The highest BCUT2D eigenvalue weighted by atomic mass is 32.1. The molecule has 132 valence electrons. The van der Waals surface area contributed by atoms with Crippen LogP contribution in [-0.4, -0.2) is 23.1 Å². The van der Waals surface area contributed by atoms with Crippen LogP contribution < -0.4 is 10.2 Å². The minimum absolute atomic E-state index is 0.0750. The second-order valence-electron chi connectivity index (χ2n) is 6.06. The van der Waals surface area contributed by atoms with Gasteiger partial charge in [-0.1, -0.05) is 54.6 Å². The maximum Gasteiger partial charge on any atom is 0.251 e. The molecule has 2 amide bonds. The Hall–Kier alpha value is -3.38. The molecule has 6 heteroatoms. The van der Waals surface area contributed by atoms with E-state index in [1.165, 1.54) is 11.1 Å². The van der Waals surface area contributed by atoms with E-state index in [2.05, 4.69) is 10.3 Å². The Morgan fingerprint density at radius 2 is 1.63 bits per heavy atom. The number of anilines is 1. The summed E-state index contributed by atoms with van der Waals surface area (Å²) in [6.07, 6.45) is 1.39. The van der Waals surface area contributed by atoms with Gasteiger partial charge in [-0.15, -0.1) is 0 Å². The number of hydrogen-bond donors (Lipinski definition) is 1. The van der Waals surface area contributed by atoms with E-state index in [0.717, 1.165) is 10.8 Å². The fraction of sp³-hybridized carbons (Fsp3) is 0.0476. The van der Waals surface area contributed by atoms with Crippen LogP contribution in [0.5, 0.6) is 0 Å². The van der Waals surface area contributed by atoms with Crippen LogP contribution in [0, 0.1) is 5.92 Å². The van der Waals surface area contributed by atoms with Crippen LogP contribution in [0.3, 0.4) is 0 Å². The van der Waals surface area contributed by atoms with E-state index in [4.69, 9.17) is 12.2 Å². The van der Waals surface area contributed by atoms with Gasteiger partial charge >= 0.3 is 0 Å². The summed E-state index contributed by atoms with van der Waals surface area (Å²) in [6.45, 7) is 0. The average Bonchev–Trinajstić information content (AvgIpc) is 2.68. The van der Waals surface area contributed by atoms with E-state index < -0.39 is 17.7 Å². The third-order valence-corrected chi connectivity index (χ3v) is 4.63. The number of carbonyl (C=O) groups excluding carboxylic acids is 2. The van der Waals surface area contributed by atoms with Crippen LogP contribution in [0.25, 0.3) is 10.8 Å². The van der Waals surface area contributed by atoms with Crippen molar-refractivity contribution in [3.05, 3.63) is 72.8 Å². The van der Waals surface area contributed by atoms with E-state index in [1.54, 1.807) is 24.3 Å². The van der Waals surface area contributed by atoms with Crippen molar-refractivity contribution in [3.8, 4) is 0 Å². The molecule has 1 N–H and O–H groups in total. The predicted molar refractivity (Wildman–Crippen MR) is 110 cm³/mol. The largest absolute Gasteiger partial charge is 0.301 e. The smallest absolute Gasteiger partial charge is 0.251 e. The zero-order valence-electron chi connectivity index (χ0n) is 14.2. The lowest BCUT2D eigenvalue weighted by Crippen LogP contribution is -2.58. The number of para-hydroxylation sites is 1. The van der Waals surface area contributed by atoms with E-state index in [1.807, 2.05) is 48.5 Å². The fourth-order valence-corrected chi connectivity index (χ4v) is 3.32. The Morgan fingerprint density at radius 1 is 0.926 bits per heavy atom. The van der Waals surface area contributed by atoms with Gasteiger partial charge in [-0.3, -0.25) is 19.5 Å². The molecule has 4 rings (SSSR count). The van der Waals surface area contributed by atoms with Crippen LogP contribution in [0.15, 0.2) is 77.8 Å². The number of nitrogens with one attached hydrogen (secondary N) is 1. The Morgan fingerprint density at radius 3 is 2.44 bits per heavy atom. The number of rotatable bonds is 3. The molecule has 1 aliphatic rings. The first kappa shape index (κ1) is 17.1. The van der Waals surface area contributed by atoms with Crippen molar-refractivity contribution in [1.82, 2.24) is 5.32 Å². The SMILES string of the molecule is O=C1NC(=S)N(c2ccccc2)C(=O)[C@H]1C=Nc1cccc2ccccc12. The molecule has 3 aromatic carbocycles. The van der Waals surface area contributed by atoms with Gasteiger partial charge in [-0.2, -0.15) is 0 Å². The second-order valence-corrected chi connectivity index (χ2v) is 6.44. The highest BCUT2D eigenvalue weighted by Crippen LogP contribution is 2.26. The molecule has 0 unspecified atom stereocenters. The molecular weight excluding hydrogens is 358 g/mol. The van der Waals surface area contributed by atoms with Gasteiger partial charge in [-0.25, -0.2) is 0 Å². The van der Waals surface area contributed by atoms with Crippen molar-refractivity contribution < 1.29 is 9.59 Å². The molecule has 1 heterocycles. The summed E-state index contributed by atoms with van der Waals surface area (Å²) in [4.78, 5) is 31.0. The zero-order chi connectivity index (χ0) is 18.8. The van der Waals surface area contributed by atoms with Crippen LogP contribution in [0.4, 0.5) is 11.4 Å². The topological polar surface area (TPSA) is 61.8 Å². The lowest BCUT2D eigenvalue weighted by atomic mass is 10.1. The summed E-state index contributed by atoms with van der Waals surface area (Å²) in [5, 5.41) is 4.66. The summed E-state index contributed by atoms with van der Waals surface area (Å²) < 4.78 is 0. The van der Waals surface area contributed by atoms with Gasteiger partial charge in [0.25, 0.3) is 5.91 Å². The molecule has 3 aromatic rings. The van der Waals surface area contributed by atoms with Gasteiger partial charge in [0.1, 0.15) is 0 Å². The Balaban J connectivity index is 1.68. The monoisotopic (exact) mass is 373 g/mol. The zero-order valence-corrected chi connectivity index (χ0v) is 15.0. The standard InChI is InChI=1S/C21H15N3O2S/c25-19-17(13-22-18-12-6-8-14-7-4-5-11-16(14)18)20(26)24(21(27)23-19)15-9-2-1-3-10-15/h1-13,17H,(H,23,25,27)/t17-/m0/s1. The quantitative estimate of drug-likeness (QED) is 0.433. The van der Waals surface area contributed by atoms with Gasteiger partial charge in [0.15, 0.2) is 11.0 Å². The Kier molecular flexibility index (Phi) is 4.48. The van der Waals surface area contributed by atoms with Crippen molar-refractivity contribution >= 4 is 57.5 Å². The number of benzene rings is 3. The van der Waals surface area contributed by atoms with Gasteiger partial charge in [0.05, 0.1) is 11.4 Å². The van der Waals surface area contributed by atoms with Crippen LogP contribution in [0.2, 0.25) is 0 Å². The molecule has 1 fully saturated rings. The highest BCUT2D eigenvalue weighted by Gasteiger charge is 2.38. The molecule has 1 aliphatic heterocycles. The van der Waals surface area contributed by atoms with Crippen molar-refractivity contribution in [2.75, 3.05) is 4.90 Å². The highest BCUT2D eigenvalue weighted by molar-refractivity contribution is 7.80. The lowest BCUT2D eigenvalue weighted by Gasteiger charge is -2.30. The molecule has 0 bridgehead atoms. The number of hydrogen-bond acceptors (Lipinski definition) is 4. The number of aliphatic imine (C=N–C) groups is 1. The molecule has 5 nitrogen and oxygen atoms in total. The first-order chi connectivity index (χ1) is 13.1. The third-order valence-electron chi connectivity index (χ3n) is 4.35. The van der Waals surface area contributed by atoms with Gasteiger partial charge in [0, 0.05) is 11.6 Å². The fourth-order valence-electron chi connectivity index (χ4n) is 3.02. The van der Waals surface area contributed by atoms with Crippen LogP contribution in [0.1, 0.15) is 0 Å². The van der Waals surface area contributed by atoms with Crippen LogP contribution in [-0.2, 0) is 9.59 Å². The van der Waals surface area contributed by atoms with Crippen molar-refractivity contribution in [3.63, 3.8) is 0 Å². The normalized spacial score (nSPS) is 17.6. The molecule has 0 aromatic heterocycles. The summed E-state index contributed by atoms with van der Waals surface area (Å²) in [5.74, 6) is -1.93. The number of carbonyl (C=O) groups is 2. The number of fused-ring (bicyclic) bond motifs is 1. The molecule has 0 spiro atoms. The summed E-state index contributed by atoms with van der Waals surface area (Å²) >= 11 is 5.19. The van der Waals surface area contributed by atoms with Crippen molar-refractivity contribution in [1.29, 1.82) is 0 Å². The van der Waals surface area contributed by atoms with Gasteiger partial charge in [-0.05, 0) is 35.8 Å². The van der Waals surface area contributed by atoms with Gasteiger partial charge in [0.2, 0.25) is 5.91 Å². The first-order valence-electron chi connectivity index (χ1n) is 8.41.